The Morgan fingerprint density at radius 2 is 0.762 bits per heavy atom. The van der Waals surface area contributed by atoms with Gasteiger partial charge in [0.05, 0.1) is 33.8 Å². The second kappa shape index (κ2) is 63.2. The zero-order valence-corrected chi connectivity index (χ0v) is 56.7. The smallest absolute Gasteiger partial charge is 0.306 e. The first-order valence-corrected chi connectivity index (χ1v) is 36.9. The van der Waals surface area contributed by atoms with Crippen molar-refractivity contribution in [3.63, 3.8) is 0 Å². The maximum absolute atomic E-state index is 13.6. The molecule has 0 aliphatic rings. The minimum absolute atomic E-state index is 0.0258. The van der Waals surface area contributed by atoms with E-state index in [2.05, 4.69) is 99.0 Å². The van der Waals surface area contributed by atoms with E-state index < -0.39 is 26.6 Å². The summed E-state index contributed by atoms with van der Waals surface area (Å²) in [6, 6.07) is -0.896. The first kappa shape index (κ1) is 81.2. The van der Waals surface area contributed by atoms with Crippen LogP contribution < -0.4 is 10.2 Å². The molecule has 0 aliphatic heterocycles. The van der Waals surface area contributed by atoms with Gasteiger partial charge in [0.25, 0.3) is 7.82 Å². The number of quaternary nitrogens is 1. The fraction of sp³-hybridized carbons (Fsp3) is 0.784. The molecule has 10 heteroatoms. The van der Waals surface area contributed by atoms with Gasteiger partial charge in [-0.1, -0.05) is 292 Å². The molecule has 0 aromatic rings. The second-order valence-electron chi connectivity index (χ2n) is 25.0. The van der Waals surface area contributed by atoms with Crippen molar-refractivity contribution in [2.45, 2.75) is 335 Å². The van der Waals surface area contributed by atoms with Crippen molar-refractivity contribution in [1.29, 1.82) is 0 Å². The van der Waals surface area contributed by atoms with E-state index in [1.54, 1.807) is 0 Å². The summed E-state index contributed by atoms with van der Waals surface area (Å²) >= 11 is 0. The predicted octanol–water partition coefficient (Wildman–Crippen LogP) is 21.9. The molecule has 488 valence electrons. The van der Waals surface area contributed by atoms with Crippen molar-refractivity contribution in [3.05, 3.63) is 85.1 Å². The molecule has 0 saturated heterocycles. The zero-order valence-electron chi connectivity index (χ0n) is 55.8. The molecule has 0 aromatic carbocycles. The molecule has 3 atom stereocenters. The molecule has 9 nitrogen and oxygen atoms in total. The summed E-state index contributed by atoms with van der Waals surface area (Å²) in [5.74, 6) is -0.542. The first-order valence-electron chi connectivity index (χ1n) is 35.4. The normalized spacial score (nSPS) is 14.0. The van der Waals surface area contributed by atoms with Crippen LogP contribution in [0.5, 0.6) is 0 Å². The van der Waals surface area contributed by atoms with Crippen molar-refractivity contribution in [2.75, 3.05) is 40.9 Å². The number of nitrogens with one attached hydrogen (secondary N) is 1. The quantitative estimate of drug-likeness (QED) is 0.0212. The number of carbonyl (C=O) groups is 2. The summed E-state index contributed by atoms with van der Waals surface area (Å²) in [6.07, 6.45) is 84.1. The summed E-state index contributed by atoms with van der Waals surface area (Å²) in [4.78, 5) is 40.2. The molecule has 0 aromatic heterocycles. The van der Waals surface area contributed by atoms with E-state index in [4.69, 9.17) is 13.8 Å². The molecule has 1 amide bonds. The Balaban J connectivity index is 5.09. The number of amides is 1. The van der Waals surface area contributed by atoms with Crippen LogP contribution in [0.15, 0.2) is 85.1 Å². The second-order valence-corrected chi connectivity index (χ2v) is 26.4. The number of esters is 1. The molecule has 0 saturated carbocycles. The Morgan fingerprint density at radius 3 is 1.15 bits per heavy atom. The topological polar surface area (TPSA) is 114 Å². The summed E-state index contributed by atoms with van der Waals surface area (Å²) in [5.41, 5.74) is 0. The summed E-state index contributed by atoms with van der Waals surface area (Å²) < 4.78 is 30.4. The third-order valence-corrected chi connectivity index (χ3v) is 16.5. The van der Waals surface area contributed by atoms with E-state index in [1.807, 2.05) is 33.3 Å². The van der Waals surface area contributed by atoms with E-state index in [1.165, 1.54) is 186 Å². The molecule has 0 radical (unpaired) electrons. The number of carbonyl (C=O) groups excluding carboxylic acids is 2. The van der Waals surface area contributed by atoms with Gasteiger partial charge in [-0.2, -0.15) is 0 Å². The number of allylic oxidation sites excluding steroid dienone is 13. The number of likely N-dealkylation sites (N-methyl/N-ethyl adjacent to an activating group) is 1. The Labute approximate surface area is 520 Å². The maximum Gasteiger partial charge on any atom is 0.306 e. The van der Waals surface area contributed by atoms with Gasteiger partial charge in [0.15, 0.2) is 0 Å². The molecular weight excluding hydrogens is 1060 g/mol. The van der Waals surface area contributed by atoms with Gasteiger partial charge in [0.1, 0.15) is 19.3 Å². The van der Waals surface area contributed by atoms with E-state index in [0.29, 0.717) is 17.4 Å². The molecule has 0 rings (SSSR count). The van der Waals surface area contributed by atoms with Crippen LogP contribution in [0, 0.1) is 0 Å². The van der Waals surface area contributed by atoms with Crippen LogP contribution in [0.1, 0.15) is 323 Å². The average molecular weight is 1200 g/mol. The van der Waals surface area contributed by atoms with E-state index in [9.17, 15) is 19.0 Å². The Morgan fingerprint density at radius 1 is 0.429 bits per heavy atom. The van der Waals surface area contributed by atoms with Gasteiger partial charge in [0, 0.05) is 12.8 Å². The van der Waals surface area contributed by atoms with Crippen LogP contribution >= 0.6 is 7.82 Å². The van der Waals surface area contributed by atoms with Crippen molar-refractivity contribution in [3.8, 4) is 0 Å². The van der Waals surface area contributed by atoms with Gasteiger partial charge < -0.3 is 28.5 Å². The number of phosphoric ester groups is 1. The highest BCUT2D eigenvalue weighted by Gasteiger charge is 2.27. The monoisotopic (exact) mass is 1200 g/mol. The lowest BCUT2D eigenvalue weighted by atomic mass is 10.0. The zero-order chi connectivity index (χ0) is 61.4. The van der Waals surface area contributed by atoms with Crippen molar-refractivity contribution < 1.29 is 37.3 Å². The van der Waals surface area contributed by atoms with Crippen molar-refractivity contribution in [2.24, 2.45) is 0 Å². The van der Waals surface area contributed by atoms with Gasteiger partial charge in [-0.15, -0.1) is 0 Å². The van der Waals surface area contributed by atoms with Crippen LogP contribution in [0.2, 0.25) is 0 Å². The number of rotatable bonds is 64. The van der Waals surface area contributed by atoms with E-state index in [-0.39, 0.29) is 24.9 Å². The summed E-state index contributed by atoms with van der Waals surface area (Å²) in [5, 5.41) is 3.04. The number of ether oxygens (including phenoxy) is 1. The molecule has 0 spiro atoms. The average Bonchev–Trinajstić information content (AvgIpc) is 3.64. The van der Waals surface area contributed by atoms with Gasteiger partial charge >= 0.3 is 5.97 Å². The number of unbranched alkanes of at least 4 members (excludes halogenated alkanes) is 36. The minimum atomic E-state index is -4.71. The standard InChI is InChI=1S/C74H135N2O7P/c1-7-10-13-16-19-22-25-28-30-32-34-36-37-38-39-41-42-44-46-48-51-54-57-60-63-66-73(77)75-71(70-82-84(79,80)81-69-68-76(4,5)6)72(65-62-59-56-53-50-27-24-21-18-15-12-9-3)83-74(78)67-64-61-58-55-52-49-47-45-43-40-35-33-31-29-26-23-20-17-14-11-8-2/h10,13,19,22,28-31,34,36,38-39,62,65,71-72H,7-9,11-12,14-18,20-21,23-27,32-33,35,37,40-61,63-64,66-70H2,1-6H3,(H-,75,77,79,80)/b13-10-,22-19-,30-28-,31-29+,36-34-,39-38-,65-62-. The summed E-state index contributed by atoms with van der Waals surface area (Å²) in [6.45, 7) is 6.75. The van der Waals surface area contributed by atoms with Crippen molar-refractivity contribution in [1.82, 2.24) is 5.32 Å². The molecule has 1 N–H and O–H groups in total. The third-order valence-electron chi connectivity index (χ3n) is 15.6. The summed E-state index contributed by atoms with van der Waals surface area (Å²) in [7, 11) is 1.18. The fourth-order valence-electron chi connectivity index (χ4n) is 10.1. The minimum Gasteiger partial charge on any atom is -0.756 e. The molecular formula is C74H135N2O7P. The fourth-order valence-corrected chi connectivity index (χ4v) is 10.9. The van der Waals surface area contributed by atoms with E-state index in [0.717, 1.165) is 103 Å². The lowest BCUT2D eigenvalue weighted by molar-refractivity contribution is -0.870. The number of nitrogens with zero attached hydrogens (tertiary/aromatic N) is 1. The van der Waals surface area contributed by atoms with Crippen LogP contribution in [-0.2, 0) is 27.9 Å². The lowest BCUT2D eigenvalue weighted by Gasteiger charge is -2.30. The molecule has 84 heavy (non-hydrogen) atoms. The van der Waals surface area contributed by atoms with Crippen LogP contribution in [0.3, 0.4) is 0 Å². The van der Waals surface area contributed by atoms with Gasteiger partial charge in [-0.25, -0.2) is 0 Å². The SMILES string of the molecule is CC/C=C\C/C=C\C/C=C\C/C=C\C/C=C\CCCCCCCCCCCC(=O)NC(COP(=O)([O-])OCC[N+](C)(C)C)C(/C=C\CCCCCCCCCCCC)OC(=O)CCCCCCCCCCCCC/C=C/CCCCCCCC. The van der Waals surface area contributed by atoms with Crippen LogP contribution in [0.4, 0.5) is 0 Å². The Kier molecular flexibility index (Phi) is 61.1. The Bertz CT molecular complexity index is 1710. The largest absolute Gasteiger partial charge is 0.756 e. The highest BCUT2D eigenvalue weighted by atomic mass is 31.2. The van der Waals surface area contributed by atoms with Crippen molar-refractivity contribution >= 4 is 19.7 Å². The van der Waals surface area contributed by atoms with E-state index >= 15 is 0 Å². The van der Waals surface area contributed by atoms with Gasteiger partial charge in [-0.05, 0) is 102 Å². The number of hydrogen-bond acceptors (Lipinski definition) is 7. The molecule has 0 bridgehead atoms. The first-order chi connectivity index (χ1) is 40.9. The van der Waals surface area contributed by atoms with Gasteiger partial charge in [0.2, 0.25) is 5.91 Å². The van der Waals surface area contributed by atoms with Crippen LogP contribution in [-0.4, -0.2) is 69.4 Å². The third kappa shape index (κ3) is 63.7. The lowest BCUT2D eigenvalue weighted by Crippen LogP contribution is -2.47. The molecule has 0 fully saturated rings. The van der Waals surface area contributed by atoms with Crippen LogP contribution in [0.25, 0.3) is 0 Å². The highest BCUT2D eigenvalue weighted by molar-refractivity contribution is 7.45. The predicted molar refractivity (Wildman–Crippen MR) is 362 cm³/mol. The Hall–Kier alpha value is -2.81. The molecule has 0 heterocycles. The number of phosphoric acid groups is 1. The maximum atomic E-state index is 13.6. The molecule has 0 aliphatic carbocycles. The van der Waals surface area contributed by atoms with Gasteiger partial charge in [-0.3, -0.25) is 14.2 Å². The highest BCUT2D eigenvalue weighted by Crippen LogP contribution is 2.38. The molecule has 3 unspecified atom stereocenters. The number of hydrogen-bond donors (Lipinski definition) is 1.